The van der Waals surface area contributed by atoms with E-state index in [1.165, 1.54) is 0 Å². The summed E-state index contributed by atoms with van der Waals surface area (Å²) in [4.78, 5) is 4.19. The van der Waals surface area contributed by atoms with Gasteiger partial charge in [0.25, 0.3) is 0 Å². The molecule has 17 heavy (non-hydrogen) atoms. The third-order valence-electron chi connectivity index (χ3n) is 2.32. The third-order valence-corrected chi connectivity index (χ3v) is 2.85. The van der Waals surface area contributed by atoms with Crippen molar-refractivity contribution in [2.45, 2.75) is 26.5 Å². The van der Waals surface area contributed by atoms with Gasteiger partial charge >= 0.3 is 0 Å². The smallest absolute Gasteiger partial charge is 0.165 e. The molecule has 0 saturated heterocycles. The molecule has 2 aromatic rings. The lowest BCUT2D eigenvalue weighted by Gasteiger charge is -2.10. The van der Waals surface area contributed by atoms with Crippen LogP contribution in [-0.2, 0) is 6.61 Å². The molecule has 4 nitrogen and oxygen atoms in total. The molecule has 0 amide bonds. The summed E-state index contributed by atoms with van der Waals surface area (Å²) in [5, 5.41) is 4.16. The normalized spacial score (nSPS) is 10.8. The van der Waals surface area contributed by atoms with Gasteiger partial charge in [0, 0.05) is 10.5 Å². The Bertz CT molecular complexity index is 479. The highest BCUT2D eigenvalue weighted by Gasteiger charge is 2.07. The van der Waals surface area contributed by atoms with Crippen LogP contribution in [0.4, 0.5) is 0 Å². The van der Waals surface area contributed by atoms with E-state index >= 15 is 0 Å². The number of nitrogens with zero attached hydrogens (tertiary/aromatic N) is 3. The second-order valence-corrected chi connectivity index (χ2v) is 4.87. The van der Waals surface area contributed by atoms with Crippen molar-refractivity contribution in [1.29, 1.82) is 0 Å². The van der Waals surface area contributed by atoms with E-state index in [1.807, 2.05) is 28.9 Å². The Hall–Kier alpha value is -1.36. The maximum atomic E-state index is 5.65. The number of aromatic nitrogens is 3. The number of hydrogen-bond acceptors (Lipinski definition) is 3. The van der Waals surface area contributed by atoms with Crippen LogP contribution in [0, 0.1) is 0 Å². The third kappa shape index (κ3) is 3.06. The van der Waals surface area contributed by atoms with Crippen molar-refractivity contribution in [3.63, 3.8) is 0 Å². The van der Waals surface area contributed by atoms with Crippen LogP contribution in [0.1, 0.15) is 25.7 Å². The van der Waals surface area contributed by atoms with Crippen LogP contribution in [0.5, 0.6) is 5.75 Å². The molecule has 0 unspecified atom stereocenters. The van der Waals surface area contributed by atoms with E-state index in [9.17, 15) is 0 Å². The van der Waals surface area contributed by atoms with Crippen molar-refractivity contribution in [3.8, 4) is 5.75 Å². The van der Waals surface area contributed by atoms with E-state index in [0.717, 1.165) is 16.0 Å². The average molecular weight is 296 g/mol. The van der Waals surface area contributed by atoms with E-state index in [1.54, 1.807) is 6.33 Å². The van der Waals surface area contributed by atoms with Gasteiger partial charge < -0.3 is 4.74 Å². The fourth-order valence-electron chi connectivity index (χ4n) is 1.49. The van der Waals surface area contributed by atoms with Gasteiger partial charge in [-0.15, -0.1) is 0 Å². The van der Waals surface area contributed by atoms with Crippen molar-refractivity contribution >= 4 is 15.9 Å². The lowest BCUT2D eigenvalue weighted by atomic mass is 10.3. The zero-order valence-corrected chi connectivity index (χ0v) is 11.4. The zero-order valence-electron chi connectivity index (χ0n) is 9.80. The molecule has 0 atom stereocenters. The molecule has 0 saturated carbocycles. The molecule has 0 radical (unpaired) electrons. The van der Waals surface area contributed by atoms with Gasteiger partial charge in [-0.25, -0.2) is 9.67 Å². The van der Waals surface area contributed by atoms with Crippen LogP contribution >= 0.6 is 15.9 Å². The monoisotopic (exact) mass is 295 g/mol. The van der Waals surface area contributed by atoms with Crippen LogP contribution < -0.4 is 4.74 Å². The molecule has 0 fully saturated rings. The summed E-state index contributed by atoms with van der Waals surface area (Å²) in [7, 11) is 0. The van der Waals surface area contributed by atoms with E-state index in [4.69, 9.17) is 4.74 Å². The summed E-state index contributed by atoms with van der Waals surface area (Å²) < 4.78 is 8.55. The Morgan fingerprint density at radius 1 is 1.29 bits per heavy atom. The van der Waals surface area contributed by atoms with Crippen LogP contribution in [-0.4, -0.2) is 14.8 Å². The molecule has 0 spiro atoms. The maximum absolute atomic E-state index is 5.65. The van der Waals surface area contributed by atoms with Gasteiger partial charge in [0.1, 0.15) is 18.7 Å². The molecule has 90 valence electrons. The lowest BCUT2D eigenvalue weighted by molar-refractivity contribution is 0.282. The molecular weight excluding hydrogens is 282 g/mol. The number of halogens is 1. The van der Waals surface area contributed by atoms with Crippen molar-refractivity contribution in [2.75, 3.05) is 0 Å². The van der Waals surface area contributed by atoms with E-state index in [-0.39, 0.29) is 0 Å². The predicted molar refractivity (Wildman–Crippen MR) is 68.9 cm³/mol. The van der Waals surface area contributed by atoms with Gasteiger partial charge in [-0.1, -0.05) is 15.9 Å². The predicted octanol–water partition coefficient (Wildman–Crippen LogP) is 3.20. The van der Waals surface area contributed by atoms with E-state index < -0.39 is 0 Å². The molecule has 2 rings (SSSR count). The molecule has 1 aromatic carbocycles. The Labute approximate surface area is 109 Å². The number of rotatable bonds is 4. The molecular formula is C12H14BrN3O. The number of benzene rings is 1. The van der Waals surface area contributed by atoms with Crippen LogP contribution in [0.25, 0.3) is 0 Å². The minimum atomic E-state index is 0.293. The van der Waals surface area contributed by atoms with Gasteiger partial charge in [0.05, 0.1) is 0 Å². The quantitative estimate of drug-likeness (QED) is 0.870. The maximum Gasteiger partial charge on any atom is 0.165 e. The van der Waals surface area contributed by atoms with Crippen molar-refractivity contribution in [1.82, 2.24) is 14.8 Å². The molecule has 0 aliphatic rings. The van der Waals surface area contributed by atoms with Gasteiger partial charge in [0.15, 0.2) is 5.82 Å². The highest BCUT2D eigenvalue weighted by Crippen LogP contribution is 2.17. The van der Waals surface area contributed by atoms with Crippen molar-refractivity contribution in [2.24, 2.45) is 0 Å². The standard InChI is InChI=1S/C12H14BrN3O/c1-9(2)16-12(14-8-15-16)7-17-11-5-3-10(13)4-6-11/h3-6,8-9H,7H2,1-2H3. The van der Waals surface area contributed by atoms with Crippen LogP contribution in [0.2, 0.25) is 0 Å². The summed E-state index contributed by atoms with van der Waals surface area (Å²) in [6, 6.07) is 8.02. The number of hydrogen-bond donors (Lipinski definition) is 0. The van der Waals surface area contributed by atoms with E-state index in [0.29, 0.717) is 12.6 Å². The topological polar surface area (TPSA) is 39.9 Å². The molecule has 1 heterocycles. The van der Waals surface area contributed by atoms with Crippen molar-refractivity contribution in [3.05, 3.63) is 40.9 Å². The second-order valence-electron chi connectivity index (χ2n) is 3.96. The summed E-state index contributed by atoms with van der Waals surface area (Å²) in [6.45, 7) is 4.56. The largest absolute Gasteiger partial charge is 0.486 e. The summed E-state index contributed by atoms with van der Waals surface area (Å²) in [5.41, 5.74) is 0. The average Bonchev–Trinajstić information content (AvgIpc) is 2.76. The molecule has 0 bridgehead atoms. The first-order valence-electron chi connectivity index (χ1n) is 5.43. The Morgan fingerprint density at radius 3 is 2.65 bits per heavy atom. The van der Waals surface area contributed by atoms with E-state index in [2.05, 4.69) is 39.9 Å². The Morgan fingerprint density at radius 2 is 2.00 bits per heavy atom. The minimum absolute atomic E-state index is 0.293. The molecule has 1 aromatic heterocycles. The Kier molecular flexibility index (Phi) is 3.78. The summed E-state index contributed by atoms with van der Waals surface area (Å²) >= 11 is 3.38. The molecule has 5 heteroatoms. The fourth-order valence-corrected chi connectivity index (χ4v) is 1.75. The highest BCUT2D eigenvalue weighted by atomic mass is 79.9. The number of ether oxygens (including phenoxy) is 1. The first kappa shape index (κ1) is 12.1. The van der Waals surface area contributed by atoms with Crippen LogP contribution in [0.15, 0.2) is 35.1 Å². The SMILES string of the molecule is CC(C)n1ncnc1COc1ccc(Br)cc1. The minimum Gasteiger partial charge on any atom is -0.486 e. The van der Waals surface area contributed by atoms with Gasteiger partial charge in [0.2, 0.25) is 0 Å². The first-order valence-corrected chi connectivity index (χ1v) is 6.23. The lowest BCUT2D eigenvalue weighted by Crippen LogP contribution is -2.10. The van der Waals surface area contributed by atoms with Gasteiger partial charge in [-0.3, -0.25) is 0 Å². The fraction of sp³-hybridized carbons (Fsp3) is 0.333. The molecule has 0 aliphatic carbocycles. The molecule has 0 aliphatic heterocycles. The van der Waals surface area contributed by atoms with Gasteiger partial charge in [-0.05, 0) is 38.1 Å². The van der Waals surface area contributed by atoms with Crippen molar-refractivity contribution < 1.29 is 4.74 Å². The zero-order chi connectivity index (χ0) is 12.3. The molecule has 0 N–H and O–H groups in total. The van der Waals surface area contributed by atoms with Gasteiger partial charge in [-0.2, -0.15) is 5.10 Å². The first-order chi connectivity index (χ1) is 8.16. The summed E-state index contributed by atoms with van der Waals surface area (Å²) in [5.74, 6) is 1.66. The summed E-state index contributed by atoms with van der Waals surface area (Å²) in [6.07, 6.45) is 1.56. The van der Waals surface area contributed by atoms with Crippen LogP contribution in [0.3, 0.4) is 0 Å². The highest BCUT2D eigenvalue weighted by molar-refractivity contribution is 9.10. The Balaban J connectivity index is 2.02. The second kappa shape index (κ2) is 5.31.